The molecular weight excluding hydrogens is 316 g/mol. The Labute approximate surface area is 144 Å². The Morgan fingerprint density at radius 3 is 1.76 bits per heavy atom. The standard InChI is InChI=1S/C20H14N2O3/c23-19-17-8-4-5-9-18(17)20(24)22(19)21-14-10-12-16(13-11-14)25-15-6-2-1-3-7-15/h1-13,21H. The number of benzene rings is 3. The molecule has 4 rings (SSSR count). The summed E-state index contributed by atoms with van der Waals surface area (Å²) in [7, 11) is 0. The average Bonchev–Trinajstić information content (AvgIpc) is 2.89. The lowest BCUT2D eigenvalue weighted by molar-refractivity contribution is 0.0691. The number of imide groups is 1. The van der Waals surface area contributed by atoms with Crippen LogP contribution < -0.4 is 10.2 Å². The molecule has 1 N–H and O–H groups in total. The largest absolute Gasteiger partial charge is 0.457 e. The number of amides is 2. The van der Waals surface area contributed by atoms with Crippen molar-refractivity contribution in [2.45, 2.75) is 0 Å². The van der Waals surface area contributed by atoms with E-state index in [-0.39, 0.29) is 11.8 Å². The highest BCUT2D eigenvalue weighted by Crippen LogP contribution is 2.26. The van der Waals surface area contributed by atoms with E-state index in [1.54, 1.807) is 48.5 Å². The van der Waals surface area contributed by atoms with E-state index in [0.29, 0.717) is 22.6 Å². The number of carbonyl (C=O) groups excluding carboxylic acids is 2. The molecule has 3 aromatic rings. The van der Waals surface area contributed by atoms with Gasteiger partial charge in [-0.15, -0.1) is 0 Å². The lowest BCUT2D eigenvalue weighted by Gasteiger charge is -2.16. The summed E-state index contributed by atoms with van der Waals surface area (Å²) < 4.78 is 5.72. The van der Waals surface area contributed by atoms with Crippen molar-refractivity contribution in [1.82, 2.24) is 5.01 Å². The topological polar surface area (TPSA) is 58.6 Å². The first-order chi connectivity index (χ1) is 12.2. The fourth-order valence-electron chi connectivity index (χ4n) is 2.64. The van der Waals surface area contributed by atoms with Crippen molar-refractivity contribution in [3.05, 3.63) is 90.0 Å². The molecule has 0 aromatic heterocycles. The first-order valence-corrected chi connectivity index (χ1v) is 7.80. The second kappa shape index (κ2) is 6.13. The van der Waals surface area contributed by atoms with Gasteiger partial charge in [-0.2, -0.15) is 5.01 Å². The quantitative estimate of drug-likeness (QED) is 0.732. The van der Waals surface area contributed by atoms with Gasteiger partial charge in [0.2, 0.25) is 0 Å². The van der Waals surface area contributed by atoms with Crippen LogP contribution in [0.15, 0.2) is 78.9 Å². The van der Waals surface area contributed by atoms with Crippen LogP contribution in [0.1, 0.15) is 20.7 Å². The summed E-state index contributed by atoms with van der Waals surface area (Å²) in [6.07, 6.45) is 0. The highest BCUT2D eigenvalue weighted by molar-refractivity contribution is 6.21. The number of carbonyl (C=O) groups is 2. The maximum absolute atomic E-state index is 12.3. The molecule has 0 unspecified atom stereocenters. The van der Waals surface area contributed by atoms with Gasteiger partial charge in [-0.05, 0) is 48.5 Å². The maximum Gasteiger partial charge on any atom is 0.280 e. The van der Waals surface area contributed by atoms with E-state index in [0.717, 1.165) is 10.8 Å². The Balaban J connectivity index is 1.49. The van der Waals surface area contributed by atoms with Crippen molar-refractivity contribution in [3.8, 4) is 11.5 Å². The molecule has 2 amide bonds. The first-order valence-electron chi connectivity index (χ1n) is 7.80. The lowest BCUT2D eigenvalue weighted by Crippen LogP contribution is -2.35. The van der Waals surface area contributed by atoms with Crippen LogP contribution in [0.2, 0.25) is 0 Å². The molecule has 0 saturated carbocycles. The number of anilines is 1. The minimum absolute atomic E-state index is 0.356. The number of hydrogen-bond acceptors (Lipinski definition) is 4. The van der Waals surface area contributed by atoms with E-state index in [1.165, 1.54) is 0 Å². The summed E-state index contributed by atoms with van der Waals surface area (Å²) in [5.41, 5.74) is 4.29. The van der Waals surface area contributed by atoms with Gasteiger partial charge in [-0.25, -0.2) is 0 Å². The number of para-hydroxylation sites is 1. The van der Waals surface area contributed by atoms with E-state index >= 15 is 0 Å². The smallest absolute Gasteiger partial charge is 0.280 e. The van der Waals surface area contributed by atoms with Crippen molar-refractivity contribution in [2.24, 2.45) is 0 Å². The van der Waals surface area contributed by atoms with Gasteiger partial charge in [0.25, 0.3) is 11.8 Å². The van der Waals surface area contributed by atoms with Crippen LogP contribution >= 0.6 is 0 Å². The lowest BCUT2D eigenvalue weighted by atomic mass is 10.1. The fourth-order valence-corrected chi connectivity index (χ4v) is 2.64. The molecule has 1 heterocycles. The second-order valence-corrected chi connectivity index (χ2v) is 5.54. The Bertz CT molecular complexity index is 902. The van der Waals surface area contributed by atoms with E-state index in [1.807, 2.05) is 30.3 Å². The highest BCUT2D eigenvalue weighted by Gasteiger charge is 2.35. The van der Waals surface area contributed by atoms with Gasteiger partial charge in [0.05, 0.1) is 16.8 Å². The molecule has 5 heteroatoms. The van der Waals surface area contributed by atoms with Crippen LogP contribution in [0.5, 0.6) is 11.5 Å². The van der Waals surface area contributed by atoms with Crippen LogP contribution in [0, 0.1) is 0 Å². The third-order valence-electron chi connectivity index (χ3n) is 3.87. The SMILES string of the molecule is O=C1c2ccccc2C(=O)N1Nc1ccc(Oc2ccccc2)cc1. The molecule has 0 aliphatic carbocycles. The molecule has 0 radical (unpaired) electrons. The molecule has 0 saturated heterocycles. The molecule has 5 nitrogen and oxygen atoms in total. The van der Waals surface area contributed by atoms with Gasteiger partial charge in [0.1, 0.15) is 11.5 Å². The van der Waals surface area contributed by atoms with Crippen LogP contribution in [-0.4, -0.2) is 16.8 Å². The van der Waals surface area contributed by atoms with Gasteiger partial charge in [-0.3, -0.25) is 15.0 Å². The van der Waals surface area contributed by atoms with Gasteiger partial charge in [0, 0.05) is 0 Å². The number of hydrogen-bond donors (Lipinski definition) is 1. The predicted octanol–water partition coefficient (Wildman–Crippen LogP) is 4.10. The molecule has 1 aliphatic rings. The number of nitrogens with zero attached hydrogens (tertiary/aromatic N) is 1. The maximum atomic E-state index is 12.3. The molecule has 0 bridgehead atoms. The fraction of sp³-hybridized carbons (Fsp3) is 0. The van der Waals surface area contributed by atoms with Crippen molar-refractivity contribution >= 4 is 17.5 Å². The number of hydrazine groups is 1. The van der Waals surface area contributed by atoms with E-state index in [9.17, 15) is 9.59 Å². The molecular formula is C20H14N2O3. The van der Waals surface area contributed by atoms with Gasteiger partial charge in [0.15, 0.2) is 0 Å². The molecule has 0 fully saturated rings. The summed E-state index contributed by atoms with van der Waals surface area (Å²) in [6.45, 7) is 0. The zero-order chi connectivity index (χ0) is 17.2. The molecule has 25 heavy (non-hydrogen) atoms. The molecule has 3 aromatic carbocycles. The average molecular weight is 330 g/mol. The number of ether oxygens (including phenoxy) is 1. The number of fused-ring (bicyclic) bond motifs is 1. The summed E-state index contributed by atoms with van der Waals surface area (Å²) in [5, 5.41) is 1.03. The third kappa shape index (κ3) is 2.83. The minimum Gasteiger partial charge on any atom is -0.457 e. The Kier molecular flexibility index (Phi) is 3.67. The molecule has 122 valence electrons. The Morgan fingerprint density at radius 2 is 1.16 bits per heavy atom. The zero-order valence-corrected chi connectivity index (χ0v) is 13.2. The predicted molar refractivity (Wildman–Crippen MR) is 93.5 cm³/mol. The minimum atomic E-state index is -0.356. The van der Waals surface area contributed by atoms with Crippen molar-refractivity contribution in [2.75, 3.05) is 5.43 Å². The molecule has 0 spiro atoms. The molecule has 0 atom stereocenters. The summed E-state index contributed by atoms with van der Waals surface area (Å²) in [5.74, 6) is 0.693. The van der Waals surface area contributed by atoms with E-state index < -0.39 is 0 Å². The summed E-state index contributed by atoms with van der Waals surface area (Å²) in [6, 6.07) is 23.3. The van der Waals surface area contributed by atoms with Crippen LogP contribution in [0.4, 0.5) is 5.69 Å². The van der Waals surface area contributed by atoms with Crippen LogP contribution in [0.25, 0.3) is 0 Å². The Morgan fingerprint density at radius 1 is 0.640 bits per heavy atom. The van der Waals surface area contributed by atoms with Crippen LogP contribution in [-0.2, 0) is 0 Å². The monoisotopic (exact) mass is 330 g/mol. The molecule has 1 aliphatic heterocycles. The van der Waals surface area contributed by atoms with Crippen molar-refractivity contribution in [1.29, 1.82) is 0 Å². The zero-order valence-electron chi connectivity index (χ0n) is 13.2. The number of nitrogens with one attached hydrogen (secondary N) is 1. The van der Waals surface area contributed by atoms with E-state index in [4.69, 9.17) is 4.74 Å². The second-order valence-electron chi connectivity index (χ2n) is 5.54. The van der Waals surface area contributed by atoms with Crippen LogP contribution in [0.3, 0.4) is 0 Å². The highest BCUT2D eigenvalue weighted by atomic mass is 16.5. The summed E-state index contributed by atoms with van der Waals surface area (Å²) in [4.78, 5) is 24.7. The number of rotatable bonds is 4. The third-order valence-corrected chi connectivity index (χ3v) is 3.87. The van der Waals surface area contributed by atoms with Crippen molar-refractivity contribution in [3.63, 3.8) is 0 Å². The van der Waals surface area contributed by atoms with Gasteiger partial charge >= 0.3 is 0 Å². The van der Waals surface area contributed by atoms with Gasteiger partial charge in [-0.1, -0.05) is 30.3 Å². The van der Waals surface area contributed by atoms with Crippen molar-refractivity contribution < 1.29 is 14.3 Å². The van der Waals surface area contributed by atoms with Gasteiger partial charge < -0.3 is 4.74 Å². The normalized spacial score (nSPS) is 12.9. The Hall–Kier alpha value is -3.60. The first kappa shape index (κ1) is 15.0. The van der Waals surface area contributed by atoms with E-state index in [2.05, 4.69) is 5.43 Å². The summed E-state index contributed by atoms with van der Waals surface area (Å²) >= 11 is 0.